The number of aliphatic carboxylic acids is 1. The molecule has 1 N–H and O–H groups in total. The van der Waals surface area contributed by atoms with Crippen molar-refractivity contribution in [1.82, 2.24) is 4.90 Å². The van der Waals surface area contributed by atoms with Gasteiger partial charge in [0.1, 0.15) is 6.04 Å². The average Bonchev–Trinajstić information content (AvgIpc) is 2.91. The average molecular weight is 301 g/mol. The van der Waals surface area contributed by atoms with Crippen molar-refractivity contribution in [2.45, 2.75) is 25.9 Å². The SMILES string of the molecule is Cc1ccsc1C(=O)N1Cc2ccccc2C[C@@H]1C(=O)O. The molecule has 1 aliphatic heterocycles. The Bertz CT molecular complexity index is 707. The molecule has 1 atom stereocenters. The first-order valence-electron chi connectivity index (χ1n) is 6.72. The molecular formula is C16H15NO3S. The van der Waals surface area contributed by atoms with Gasteiger partial charge in [0.25, 0.3) is 5.91 Å². The monoisotopic (exact) mass is 301 g/mol. The molecular weight excluding hydrogens is 286 g/mol. The third-order valence-electron chi connectivity index (χ3n) is 3.85. The molecule has 2 aromatic rings. The smallest absolute Gasteiger partial charge is 0.326 e. The van der Waals surface area contributed by atoms with Crippen LogP contribution >= 0.6 is 11.3 Å². The van der Waals surface area contributed by atoms with Gasteiger partial charge in [-0.2, -0.15) is 0 Å². The van der Waals surface area contributed by atoms with Gasteiger partial charge in [0, 0.05) is 13.0 Å². The zero-order valence-electron chi connectivity index (χ0n) is 11.6. The molecule has 1 aromatic heterocycles. The summed E-state index contributed by atoms with van der Waals surface area (Å²) < 4.78 is 0. The molecule has 0 spiro atoms. The number of rotatable bonds is 2. The van der Waals surface area contributed by atoms with E-state index < -0.39 is 12.0 Å². The predicted molar refractivity (Wildman–Crippen MR) is 80.5 cm³/mol. The summed E-state index contributed by atoms with van der Waals surface area (Å²) in [5, 5.41) is 11.3. The number of amides is 1. The summed E-state index contributed by atoms with van der Waals surface area (Å²) in [4.78, 5) is 26.3. The van der Waals surface area contributed by atoms with E-state index in [0.29, 0.717) is 17.8 Å². The molecule has 3 rings (SSSR count). The molecule has 0 radical (unpaired) electrons. The van der Waals surface area contributed by atoms with Crippen LogP contribution in [0.1, 0.15) is 26.4 Å². The number of carbonyl (C=O) groups is 2. The zero-order chi connectivity index (χ0) is 15.0. The standard InChI is InChI=1S/C16H15NO3S/c1-10-6-7-21-14(10)15(18)17-9-12-5-3-2-4-11(12)8-13(17)16(19)20/h2-7,13H,8-9H2,1H3,(H,19,20)/t13-/m1/s1. The zero-order valence-corrected chi connectivity index (χ0v) is 12.4. The Hall–Kier alpha value is -2.14. The fraction of sp³-hybridized carbons (Fsp3) is 0.250. The minimum Gasteiger partial charge on any atom is -0.480 e. The summed E-state index contributed by atoms with van der Waals surface area (Å²) in [7, 11) is 0. The number of aryl methyl sites for hydroxylation is 1. The van der Waals surface area contributed by atoms with Crippen molar-refractivity contribution in [2.24, 2.45) is 0 Å². The number of hydrogen-bond donors (Lipinski definition) is 1. The summed E-state index contributed by atoms with van der Waals surface area (Å²) in [6.07, 6.45) is 0.363. The Kier molecular flexibility index (Phi) is 3.51. The predicted octanol–water partition coefficient (Wildman–Crippen LogP) is 2.71. The maximum atomic E-state index is 12.7. The number of hydrogen-bond acceptors (Lipinski definition) is 3. The molecule has 4 nitrogen and oxygen atoms in total. The summed E-state index contributed by atoms with van der Waals surface area (Å²) in [5.41, 5.74) is 2.93. The van der Waals surface area contributed by atoms with Crippen molar-refractivity contribution in [1.29, 1.82) is 0 Å². The molecule has 1 aliphatic rings. The van der Waals surface area contributed by atoms with Gasteiger partial charge < -0.3 is 10.0 Å². The lowest BCUT2D eigenvalue weighted by atomic mass is 9.93. The van der Waals surface area contributed by atoms with Crippen molar-refractivity contribution >= 4 is 23.2 Å². The third kappa shape index (κ3) is 2.45. The molecule has 0 fully saturated rings. The molecule has 2 heterocycles. The second-order valence-electron chi connectivity index (χ2n) is 5.19. The molecule has 1 amide bonds. The number of thiophene rings is 1. The van der Waals surface area contributed by atoms with E-state index >= 15 is 0 Å². The normalized spacial score (nSPS) is 17.4. The van der Waals surface area contributed by atoms with E-state index in [-0.39, 0.29) is 5.91 Å². The van der Waals surface area contributed by atoms with E-state index in [1.807, 2.05) is 42.6 Å². The minimum atomic E-state index is -0.952. The number of nitrogens with zero attached hydrogens (tertiary/aromatic N) is 1. The molecule has 0 saturated heterocycles. The number of carbonyl (C=O) groups excluding carboxylic acids is 1. The first-order valence-corrected chi connectivity index (χ1v) is 7.60. The number of benzene rings is 1. The highest BCUT2D eigenvalue weighted by Gasteiger charge is 2.35. The van der Waals surface area contributed by atoms with E-state index in [2.05, 4.69) is 0 Å². The van der Waals surface area contributed by atoms with E-state index in [0.717, 1.165) is 16.7 Å². The van der Waals surface area contributed by atoms with Crippen molar-refractivity contribution in [3.05, 3.63) is 57.3 Å². The summed E-state index contributed by atoms with van der Waals surface area (Å²) in [5.74, 6) is -1.14. The van der Waals surface area contributed by atoms with Crippen LogP contribution < -0.4 is 0 Å². The molecule has 0 bridgehead atoms. The van der Waals surface area contributed by atoms with Crippen molar-refractivity contribution in [3.8, 4) is 0 Å². The Balaban J connectivity index is 1.98. The molecule has 5 heteroatoms. The largest absolute Gasteiger partial charge is 0.480 e. The summed E-state index contributed by atoms with van der Waals surface area (Å²) >= 11 is 1.36. The van der Waals surface area contributed by atoms with Crippen LogP contribution in [-0.4, -0.2) is 27.9 Å². The van der Waals surface area contributed by atoms with E-state index in [9.17, 15) is 14.7 Å². The number of fused-ring (bicyclic) bond motifs is 1. The van der Waals surface area contributed by atoms with Crippen LogP contribution in [0.25, 0.3) is 0 Å². The second kappa shape index (κ2) is 5.33. The fourth-order valence-corrected chi connectivity index (χ4v) is 3.56. The highest BCUT2D eigenvalue weighted by molar-refractivity contribution is 7.12. The first-order chi connectivity index (χ1) is 10.1. The minimum absolute atomic E-state index is 0.190. The van der Waals surface area contributed by atoms with Gasteiger partial charge in [0.2, 0.25) is 0 Å². The van der Waals surface area contributed by atoms with Crippen LogP contribution in [0.4, 0.5) is 0 Å². The lowest BCUT2D eigenvalue weighted by Gasteiger charge is -2.34. The molecule has 0 saturated carbocycles. The maximum absolute atomic E-state index is 12.7. The Labute approximate surface area is 126 Å². The Morgan fingerprint density at radius 3 is 2.57 bits per heavy atom. The number of carboxylic acid groups (broad SMARTS) is 1. The fourth-order valence-electron chi connectivity index (χ4n) is 2.68. The summed E-state index contributed by atoms with van der Waals surface area (Å²) in [6.45, 7) is 2.22. The van der Waals surface area contributed by atoms with Crippen LogP contribution in [0.2, 0.25) is 0 Å². The Morgan fingerprint density at radius 2 is 1.95 bits per heavy atom. The van der Waals surface area contributed by atoms with Crippen molar-refractivity contribution in [3.63, 3.8) is 0 Å². The lowest BCUT2D eigenvalue weighted by molar-refractivity contribution is -0.142. The van der Waals surface area contributed by atoms with Gasteiger partial charge in [0.05, 0.1) is 4.88 Å². The topological polar surface area (TPSA) is 57.6 Å². The first kappa shape index (κ1) is 13.8. The van der Waals surface area contributed by atoms with Crippen LogP contribution in [0.3, 0.4) is 0 Å². The maximum Gasteiger partial charge on any atom is 0.326 e. The lowest BCUT2D eigenvalue weighted by Crippen LogP contribution is -2.48. The second-order valence-corrected chi connectivity index (χ2v) is 6.11. The van der Waals surface area contributed by atoms with Crippen LogP contribution in [0.5, 0.6) is 0 Å². The van der Waals surface area contributed by atoms with Gasteiger partial charge in [-0.15, -0.1) is 11.3 Å². The Morgan fingerprint density at radius 1 is 1.24 bits per heavy atom. The highest BCUT2D eigenvalue weighted by atomic mass is 32.1. The van der Waals surface area contributed by atoms with Crippen molar-refractivity contribution in [2.75, 3.05) is 0 Å². The molecule has 21 heavy (non-hydrogen) atoms. The quantitative estimate of drug-likeness (QED) is 0.928. The van der Waals surface area contributed by atoms with Gasteiger partial charge in [-0.25, -0.2) is 4.79 Å². The van der Waals surface area contributed by atoms with E-state index in [1.165, 1.54) is 16.2 Å². The summed E-state index contributed by atoms with van der Waals surface area (Å²) in [6, 6.07) is 8.79. The van der Waals surface area contributed by atoms with Crippen LogP contribution in [-0.2, 0) is 17.8 Å². The molecule has 0 aliphatic carbocycles. The van der Waals surface area contributed by atoms with Gasteiger partial charge in [0.15, 0.2) is 0 Å². The number of carboxylic acids is 1. The molecule has 0 unspecified atom stereocenters. The van der Waals surface area contributed by atoms with Crippen LogP contribution in [0, 0.1) is 6.92 Å². The van der Waals surface area contributed by atoms with E-state index in [4.69, 9.17) is 0 Å². The van der Waals surface area contributed by atoms with Gasteiger partial charge in [-0.1, -0.05) is 24.3 Å². The van der Waals surface area contributed by atoms with Crippen molar-refractivity contribution < 1.29 is 14.7 Å². The molecule has 1 aromatic carbocycles. The molecule has 108 valence electrons. The van der Waals surface area contributed by atoms with Crippen LogP contribution in [0.15, 0.2) is 35.7 Å². The van der Waals surface area contributed by atoms with Gasteiger partial charge in [-0.3, -0.25) is 4.79 Å². The third-order valence-corrected chi connectivity index (χ3v) is 4.86. The highest BCUT2D eigenvalue weighted by Crippen LogP contribution is 2.27. The van der Waals surface area contributed by atoms with Gasteiger partial charge >= 0.3 is 5.97 Å². The van der Waals surface area contributed by atoms with Gasteiger partial charge in [-0.05, 0) is 35.1 Å². The van der Waals surface area contributed by atoms with E-state index in [1.54, 1.807) is 0 Å².